The van der Waals surface area contributed by atoms with E-state index in [0.717, 1.165) is 0 Å². The van der Waals surface area contributed by atoms with Crippen LogP contribution in [0.3, 0.4) is 0 Å². The van der Waals surface area contributed by atoms with Gasteiger partial charge in [0, 0.05) is 6.92 Å². The van der Waals surface area contributed by atoms with Gasteiger partial charge in [0.05, 0.1) is 10.5 Å². The smallest absolute Gasteiger partial charge is 0.334 e. The number of hydrogen-bond donors (Lipinski definition) is 2. The van der Waals surface area contributed by atoms with Crippen LogP contribution in [0.4, 0.5) is 11.4 Å². The largest absolute Gasteiger partial charge is 0.502 e. The molecule has 0 fully saturated rings. The molecule has 2 N–H and O–H groups in total. The minimum atomic E-state index is -0.867. The Morgan fingerprint density at radius 1 is 1.56 bits per heavy atom. The summed E-state index contributed by atoms with van der Waals surface area (Å²) in [5, 5.41) is 22.3. The molecule has 7 nitrogen and oxygen atoms in total. The number of aldehydes is 1. The zero-order valence-electron chi connectivity index (χ0n) is 8.26. The maximum absolute atomic E-state index is 10.8. The number of nitrogens with one attached hydrogen (secondary N) is 1. The summed E-state index contributed by atoms with van der Waals surface area (Å²) in [6, 6.07) is 2.36. The summed E-state index contributed by atoms with van der Waals surface area (Å²) in [5.74, 6) is -1.27. The summed E-state index contributed by atoms with van der Waals surface area (Å²) < 4.78 is 0. The van der Waals surface area contributed by atoms with Gasteiger partial charge in [0.25, 0.3) is 0 Å². The lowest BCUT2D eigenvalue weighted by atomic mass is 10.1. The third kappa shape index (κ3) is 2.14. The second-order valence-corrected chi connectivity index (χ2v) is 2.96. The Morgan fingerprint density at radius 3 is 2.62 bits per heavy atom. The zero-order valence-corrected chi connectivity index (χ0v) is 8.26. The van der Waals surface area contributed by atoms with Crippen molar-refractivity contribution in [1.29, 1.82) is 0 Å². The predicted molar refractivity (Wildman–Crippen MR) is 54.5 cm³/mol. The molecule has 1 rings (SSSR count). The number of phenols is 1. The summed E-state index contributed by atoms with van der Waals surface area (Å²) in [6.45, 7) is 1.18. The molecule has 84 valence electrons. The van der Waals surface area contributed by atoms with E-state index in [1.165, 1.54) is 19.1 Å². The maximum Gasteiger partial charge on any atom is 0.334 e. The Bertz CT molecular complexity index is 469. The lowest BCUT2D eigenvalue weighted by Gasteiger charge is -2.05. The molecule has 1 aromatic carbocycles. The van der Waals surface area contributed by atoms with Crippen molar-refractivity contribution in [2.24, 2.45) is 0 Å². The van der Waals surface area contributed by atoms with E-state index in [1.54, 1.807) is 0 Å². The number of rotatable bonds is 3. The van der Waals surface area contributed by atoms with Crippen LogP contribution in [0, 0.1) is 10.1 Å². The van der Waals surface area contributed by atoms with Crippen molar-refractivity contribution < 1.29 is 19.6 Å². The summed E-state index contributed by atoms with van der Waals surface area (Å²) in [5.41, 5.74) is -1.05. The first kappa shape index (κ1) is 11.6. The molecule has 0 saturated heterocycles. The van der Waals surface area contributed by atoms with Crippen LogP contribution < -0.4 is 5.32 Å². The molecule has 0 aliphatic rings. The molecule has 7 heteroatoms. The molecular weight excluding hydrogens is 216 g/mol. The van der Waals surface area contributed by atoms with Gasteiger partial charge in [-0.1, -0.05) is 0 Å². The van der Waals surface area contributed by atoms with E-state index in [0.29, 0.717) is 6.29 Å². The number of carbonyl (C=O) groups excluding carboxylic acids is 2. The molecule has 0 saturated carbocycles. The lowest BCUT2D eigenvalue weighted by molar-refractivity contribution is -0.384. The number of anilines is 1. The molecular formula is C9H8N2O5. The third-order valence-corrected chi connectivity index (χ3v) is 1.80. The molecule has 0 aliphatic carbocycles. The highest BCUT2D eigenvalue weighted by molar-refractivity contribution is 5.94. The monoisotopic (exact) mass is 224 g/mol. The van der Waals surface area contributed by atoms with E-state index < -0.39 is 22.3 Å². The lowest BCUT2D eigenvalue weighted by Crippen LogP contribution is -2.08. The first-order chi connectivity index (χ1) is 7.47. The third-order valence-electron chi connectivity index (χ3n) is 1.80. The van der Waals surface area contributed by atoms with Crippen LogP contribution in [0.5, 0.6) is 5.75 Å². The number of nitro benzene ring substituents is 1. The van der Waals surface area contributed by atoms with E-state index in [4.69, 9.17) is 0 Å². The quantitative estimate of drug-likeness (QED) is 0.453. The number of amides is 1. The number of aromatic hydroxyl groups is 1. The van der Waals surface area contributed by atoms with Gasteiger partial charge in [0.1, 0.15) is 5.69 Å². The normalized spacial score (nSPS) is 9.56. The maximum atomic E-state index is 10.8. The van der Waals surface area contributed by atoms with Crippen molar-refractivity contribution in [2.75, 3.05) is 5.32 Å². The molecule has 0 heterocycles. The van der Waals surface area contributed by atoms with Gasteiger partial charge in [-0.05, 0) is 12.1 Å². The Balaban J connectivity index is 3.40. The van der Waals surface area contributed by atoms with E-state index >= 15 is 0 Å². The zero-order chi connectivity index (χ0) is 12.3. The van der Waals surface area contributed by atoms with Crippen LogP contribution in [0.25, 0.3) is 0 Å². The van der Waals surface area contributed by atoms with Crippen molar-refractivity contribution in [3.63, 3.8) is 0 Å². The molecule has 1 amide bonds. The highest BCUT2D eigenvalue weighted by atomic mass is 16.6. The molecule has 16 heavy (non-hydrogen) atoms. The van der Waals surface area contributed by atoms with Crippen LogP contribution in [0.15, 0.2) is 12.1 Å². The van der Waals surface area contributed by atoms with Crippen LogP contribution in [-0.2, 0) is 4.79 Å². The molecule has 0 aromatic heterocycles. The summed E-state index contributed by atoms with van der Waals surface area (Å²) in [6.07, 6.45) is 0.292. The molecule has 0 spiro atoms. The Morgan fingerprint density at radius 2 is 2.19 bits per heavy atom. The average molecular weight is 224 g/mol. The van der Waals surface area contributed by atoms with E-state index in [2.05, 4.69) is 5.32 Å². The first-order valence-electron chi connectivity index (χ1n) is 4.20. The fraction of sp³-hybridized carbons (Fsp3) is 0.111. The highest BCUT2D eigenvalue weighted by Crippen LogP contribution is 2.36. The van der Waals surface area contributed by atoms with Gasteiger partial charge in [-0.3, -0.25) is 19.7 Å². The van der Waals surface area contributed by atoms with Gasteiger partial charge >= 0.3 is 5.69 Å². The molecule has 0 aliphatic heterocycles. The summed E-state index contributed by atoms with van der Waals surface area (Å²) >= 11 is 0. The fourth-order valence-corrected chi connectivity index (χ4v) is 1.17. The number of carbonyl (C=O) groups is 2. The van der Waals surface area contributed by atoms with E-state index in [-0.39, 0.29) is 11.3 Å². The van der Waals surface area contributed by atoms with Crippen molar-refractivity contribution in [3.05, 3.63) is 27.8 Å². The SMILES string of the molecule is CC(=O)Nc1ccc(C=O)c(O)c1[N+](=O)[O-]. The van der Waals surface area contributed by atoms with Gasteiger partial charge < -0.3 is 10.4 Å². The van der Waals surface area contributed by atoms with Crippen molar-refractivity contribution in [1.82, 2.24) is 0 Å². The first-order valence-corrected chi connectivity index (χ1v) is 4.20. The number of benzene rings is 1. The van der Waals surface area contributed by atoms with Crippen LogP contribution in [0.1, 0.15) is 17.3 Å². The molecule has 0 radical (unpaired) electrons. The van der Waals surface area contributed by atoms with Gasteiger partial charge in [0.15, 0.2) is 6.29 Å². The Kier molecular flexibility index (Phi) is 3.19. The van der Waals surface area contributed by atoms with Gasteiger partial charge in [-0.25, -0.2) is 0 Å². The van der Waals surface area contributed by atoms with Crippen molar-refractivity contribution in [2.45, 2.75) is 6.92 Å². The van der Waals surface area contributed by atoms with E-state index in [1.807, 2.05) is 0 Å². The predicted octanol–water partition coefficient (Wildman–Crippen LogP) is 1.07. The second kappa shape index (κ2) is 4.39. The summed E-state index contributed by atoms with van der Waals surface area (Å²) in [7, 11) is 0. The molecule has 1 aromatic rings. The highest BCUT2D eigenvalue weighted by Gasteiger charge is 2.23. The van der Waals surface area contributed by atoms with E-state index in [9.17, 15) is 24.8 Å². The van der Waals surface area contributed by atoms with Crippen LogP contribution >= 0.6 is 0 Å². The minimum absolute atomic E-state index is 0.152. The van der Waals surface area contributed by atoms with Crippen LogP contribution in [0.2, 0.25) is 0 Å². The Labute approximate surface area is 89.8 Å². The molecule has 0 unspecified atom stereocenters. The van der Waals surface area contributed by atoms with Crippen molar-refractivity contribution >= 4 is 23.6 Å². The number of nitrogens with zero attached hydrogens (tertiary/aromatic N) is 1. The summed E-state index contributed by atoms with van der Waals surface area (Å²) in [4.78, 5) is 31.0. The fourth-order valence-electron chi connectivity index (χ4n) is 1.17. The van der Waals surface area contributed by atoms with Crippen LogP contribution in [-0.4, -0.2) is 22.2 Å². The second-order valence-electron chi connectivity index (χ2n) is 2.96. The van der Waals surface area contributed by atoms with Gasteiger partial charge in [-0.15, -0.1) is 0 Å². The number of hydrogen-bond acceptors (Lipinski definition) is 5. The number of nitro groups is 1. The molecule has 0 atom stereocenters. The standard InChI is InChI=1S/C9H8N2O5/c1-5(13)10-7-3-2-6(4-12)9(14)8(7)11(15)16/h2-4,14H,1H3,(H,10,13). The number of phenolic OH excluding ortho intramolecular Hbond substituents is 1. The topological polar surface area (TPSA) is 110 Å². The van der Waals surface area contributed by atoms with Gasteiger partial charge in [0.2, 0.25) is 11.7 Å². The van der Waals surface area contributed by atoms with Gasteiger partial charge in [-0.2, -0.15) is 0 Å². The van der Waals surface area contributed by atoms with Crippen molar-refractivity contribution in [3.8, 4) is 5.75 Å². The molecule has 0 bridgehead atoms. The Hall–Kier alpha value is -2.44. The average Bonchev–Trinajstić information content (AvgIpc) is 2.16. The minimum Gasteiger partial charge on any atom is -0.502 e.